The van der Waals surface area contributed by atoms with Gasteiger partial charge in [-0.25, -0.2) is 4.79 Å². The van der Waals surface area contributed by atoms with Crippen LogP contribution in [0.5, 0.6) is 0 Å². The van der Waals surface area contributed by atoms with Crippen LogP contribution in [0.25, 0.3) is 0 Å². The molecule has 1 rings (SSSR count). The molecular weight excluding hydrogens is 347 g/mol. The first-order chi connectivity index (χ1) is 8.69. The summed E-state index contributed by atoms with van der Waals surface area (Å²) in [6.07, 6.45) is -4.47. The van der Waals surface area contributed by atoms with Gasteiger partial charge >= 0.3 is 12.2 Å². The maximum Gasteiger partial charge on any atom is 0.405 e. The highest BCUT2D eigenvalue weighted by molar-refractivity contribution is 9.10. The topological polar surface area (TPSA) is 67.1 Å². The van der Waals surface area contributed by atoms with E-state index in [1.54, 1.807) is 17.4 Å². The molecule has 0 spiro atoms. The SMILES string of the molecule is NC(=S)c1cc(Br)ccc1NC(=O)NCC(F)(F)F. The highest BCUT2D eigenvalue weighted by atomic mass is 79.9. The van der Waals surface area contributed by atoms with Crippen LogP contribution in [-0.4, -0.2) is 23.7 Å². The first-order valence-electron chi connectivity index (χ1n) is 4.90. The van der Waals surface area contributed by atoms with E-state index in [0.29, 0.717) is 10.0 Å². The Hall–Kier alpha value is -1.35. The number of carbonyl (C=O) groups excluding carboxylic acids is 1. The summed E-state index contributed by atoms with van der Waals surface area (Å²) in [6.45, 7) is -1.42. The van der Waals surface area contributed by atoms with Crippen molar-refractivity contribution in [2.75, 3.05) is 11.9 Å². The zero-order valence-electron chi connectivity index (χ0n) is 9.34. The minimum absolute atomic E-state index is 0.0208. The smallest absolute Gasteiger partial charge is 0.389 e. The standard InChI is InChI=1S/C10H9BrF3N3OS/c11-5-1-2-7(6(3-5)8(15)19)17-9(18)16-4-10(12,13)14/h1-3H,4H2,(H2,15,19)(H2,16,17,18). The molecule has 0 aliphatic carbocycles. The van der Waals surface area contributed by atoms with E-state index in [1.165, 1.54) is 6.07 Å². The number of hydrogen-bond donors (Lipinski definition) is 3. The Kier molecular flexibility index (Phi) is 5.12. The van der Waals surface area contributed by atoms with Crippen molar-refractivity contribution >= 4 is 44.9 Å². The van der Waals surface area contributed by atoms with Crippen molar-refractivity contribution < 1.29 is 18.0 Å². The molecule has 0 bridgehead atoms. The predicted molar refractivity (Wildman–Crippen MR) is 73.1 cm³/mol. The molecule has 0 unspecified atom stereocenters. The van der Waals surface area contributed by atoms with E-state index in [-0.39, 0.29) is 10.7 Å². The molecule has 104 valence electrons. The number of halogens is 4. The lowest BCUT2D eigenvalue weighted by Crippen LogP contribution is -2.37. The fourth-order valence-corrected chi connectivity index (χ4v) is 1.71. The normalized spacial score (nSPS) is 10.9. The van der Waals surface area contributed by atoms with Crippen LogP contribution in [0.15, 0.2) is 22.7 Å². The number of urea groups is 1. The largest absolute Gasteiger partial charge is 0.405 e. The summed E-state index contributed by atoms with van der Waals surface area (Å²) in [4.78, 5) is 11.3. The second-order valence-electron chi connectivity index (χ2n) is 3.48. The van der Waals surface area contributed by atoms with Crippen molar-refractivity contribution in [1.82, 2.24) is 5.32 Å². The first kappa shape index (κ1) is 15.7. The average Bonchev–Trinajstić information content (AvgIpc) is 2.28. The van der Waals surface area contributed by atoms with Gasteiger partial charge in [0.15, 0.2) is 0 Å². The van der Waals surface area contributed by atoms with Crippen molar-refractivity contribution in [1.29, 1.82) is 0 Å². The molecule has 0 fully saturated rings. The number of anilines is 1. The van der Waals surface area contributed by atoms with Crippen LogP contribution >= 0.6 is 28.1 Å². The van der Waals surface area contributed by atoms with Gasteiger partial charge in [0.25, 0.3) is 0 Å². The van der Waals surface area contributed by atoms with E-state index in [0.717, 1.165) is 0 Å². The molecule has 0 saturated carbocycles. The third-order valence-electron chi connectivity index (χ3n) is 1.94. The second kappa shape index (κ2) is 6.20. The Labute approximate surface area is 120 Å². The molecule has 1 aromatic carbocycles. The molecule has 1 aromatic rings. The van der Waals surface area contributed by atoms with Gasteiger partial charge in [-0.3, -0.25) is 0 Å². The predicted octanol–water partition coefficient (Wildman–Crippen LogP) is 2.77. The van der Waals surface area contributed by atoms with Gasteiger partial charge in [-0.15, -0.1) is 0 Å². The van der Waals surface area contributed by atoms with Crippen molar-refractivity contribution in [3.8, 4) is 0 Å². The van der Waals surface area contributed by atoms with Gasteiger partial charge in [0, 0.05) is 10.0 Å². The van der Waals surface area contributed by atoms with E-state index in [9.17, 15) is 18.0 Å². The van der Waals surface area contributed by atoms with E-state index < -0.39 is 18.8 Å². The number of thiocarbonyl (C=S) groups is 1. The van der Waals surface area contributed by atoms with Crippen LogP contribution < -0.4 is 16.4 Å². The van der Waals surface area contributed by atoms with E-state index in [4.69, 9.17) is 18.0 Å². The van der Waals surface area contributed by atoms with Gasteiger partial charge < -0.3 is 16.4 Å². The zero-order chi connectivity index (χ0) is 14.6. The number of alkyl halides is 3. The number of benzene rings is 1. The van der Waals surface area contributed by atoms with Crippen molar-refractivity contribution in [2.45, 2.75) is 6.18 Å². The van der Waals surface area contributed by atoms with E-state index in [2.05, 4.69) is 21.2 Å². The van der Waals surface area contributed by atoms with Crippen LogP contribution in [0.4, 0.5) is 23.7 Å². The first-order valence-corrected chi connectivity index (χ1v) is 6.10. The van der Waals surface area contributed by atoms with Crippen molar-refractivity contribution in [2.24, 2.45) is 5.73 Å². The molecule has 0 heterocycles. The third-order valence-corrected chi connectivity index (χ3v) is 2.66. The summed E-state index contributed by atoms with van der Waals surface area (Å²) in [5, 5.41) is 3.93. The lowest BCUT2D eigenvalue weighted by molar-refractivity contribution is -0.122. The summed E-state index contributed by atoms with van der Waals surface area (Å²) >= 11 is 7.99. The van der Waals surface area contributed by atoms with Crippen LogP contribution in [0.3, 0.4) is 0 Å². The number of nitrogens with two attached hydrogens (primary N) is 1. The molecule has 2 amide bonds. The Bertz CT molecular complexity index is 507. The molecule has 0 aliphatic heterocycles. The summed E-state index contributed by atoms with van der Waals surface area (Å²) in [7, 11) is 0. The van der Waals surface area contributed by atoms with Crippen molar-refractivity contribution in [3.05, 3.63) is 28.2 Å². The molecule has 0 aliphatic rings. The number of rotatable bonds is 3. The average molecular weight is 356 g/mol. The third kappa shape index (κ3) is 5.43. The highest BCUT2D eigenvalue weighted by Crippen LogP contribution is 2.21. The molecule has 0 aromatic heterocycles. The Morgan fingerprint density at radius 3 is 2.58 bits per heavy atom. The minimum Gasteiger partial charge on any atom is -0.389 e. The van der Waals surface area contributed by atoms with Crippen LogP contribution in [0.2, 0.25) is 0 Å². The summed E-state index contributed by atoms with van der Waals surface area (Å²) < 4.78 is 36.5. The molecule has 4 nitrogen and oxygen atoms in total. The summed E-state index contributed by atoms with van der Waals surface area (Å²) in [6, 6.07) is 3.64. The molecule has 0 atom stereocenters. The molecule has 0 saturated heterocycles. The quantitative estimate of drug-likeness (QED) is 0.730. The number of hydrogen-bond acceptors (Lipinski definition) is 2. The Morgan fingerprint density at radius 1 is 1.42 bits per heavy atom. The fourth-order valence-electron chi connectivity index (χ4n) is 1.18. The minimum atomic E-state index is -4.47. The maximum atomic E-state index is 11.9. The maximum absolute atomic E-state index is 11.9. The Balaban J connectivity index is 2.77. The van der Waals surface area contributed by atoms with Gasteiger partial charge in [0.2, 0.25) is 0 Å². The molecular formula is C10H9BrF3N3OS. The molecule has 4 N–H and O–H groups in total. The van der Waals surface area contributed by atoms with Gasteiger partial charge in [-0.1, -0.05) is 28.1 Å². The van der Waals surface area contributed by atoms with Gasteiger partial charge in [0.05, 0.1) is 5.69 Å². The highest BCUT2D eigenvalue weighted by Gasteiger charge is 2.27. The van der Waals surface area contributed by atoms with Gasteiger partial charge in [-0.2, -0.15) is 13.2 Å². The van der Waals surface area contributed by atoms with Gasteiger partial charge in [-0.05, 0) is 18.2 Å². The van der Waals surface area contributed by atoms with Crippen LogP contribution in [0.1, 0.15) is 5.56 Å². The van der Waals surface area contributed by atoms with E-state index in [1.807, 2.05) is 0 Å². The monoisotopic (exact) mass is 355 g/mol. The van der Waals surface area contributed by atoms with Crippen LogP contribution in [-0.2, 0) is 0 Å². The molecule has 19 heavy (non-hydrogen) atoms. The van der Waals surface area contributed by atoms with E-state index >= 15 is 0 Å². The van der Waals surface area contributed by atoms with Gasteiger partial charge in [0.1, 0.15) is 11.5 Å². The second-order valence-corrected chi connectivity index (χ2v) is 4.83. The fraction of sp³-hybridized carbons (Fsp3) is 0.200. The number of carbonyl (C=O) groups is 1. The summed E-state index contributed by atoms with van der Waals surface area (Å²) in [5.41, 5.74) is 6.05. The number of amides is 2. The zero-order valence-corrected chi connectivity index (χ0v) is 11.7. The Morgan fingerprint density at radius 2 is 2.05 bits per heavy atom. The molecule has 0 radical (unpaired) electrons. The lowest BCUT2D eigenvalue weighted by Gasteiger charge is -2.12. The lowest BCUT2D eigenvalue weighted by atomic mass is 10.2. The summed E-state index contributed by atoms with van der Waals surface area (Å²) in [5.74, 6) is 0. The molecule has 9 heteroatoms. The van der Waals surface area contributed by atoms with Crippen molar-refractivity contribution in [3.63, 3.8) is 0 Å². The van der Waals surface area contributed by atoms with Crippen LogP contribution in [0, 0.1) is 0 Å². The number of nitrogens with one attached hydrogen (secondary N) is 2.